The van der Waals surface area contributed by atoms with Crippen LogP contribution in [-0.4, -0.2) is 41.7 Å². The van der Waals surface area contributed by atoms with Crippen LogP contribution in [0.1, 0.15) is 37.5 Å². The lowest BCUT2D eigenvalue weighted by atomic mass is 9.87. The van der Waals surface area contributed by atoms with Crippen LogP contribution in [0.2, 0.25) is 0 Å². The van der Waals surface area contributed by atoms with Crippen LogP contribution in [-0.2, 0) is 15.0 Å². The highest BCUT2D eigenvalue weighted by Gasteiger charge is 2.36. The minimum Gasteiger partial charge on any atom is -0.490 e. The molecule has 39 heavy (non-hydrogen) atoms. The van der Waals surface area contributed by atoms with E-state index in [4.69, 9.17) is 9.47 Å². The van der Waals surface area contributed by atoms with Gasteiger partial charge in [-0.15, -0.1) is 0 Å². The van der Waals surface area contributed by atoms with Crippen LogP contribution in [0, 0.1) is 6.92 Å². The van der Waals surface area contributed by atoms with Gasteiger partial charge in [-0.05, 0) is 77.7 Å². The van der Waals surface area contributed by atoms with Crippen molar-refractivity contribution in [2.45, 2.75) is 33.1 Å². The molecule has 1 heterocycles. The van der Waals surface area contributed by atoms with E-state index in [1.54, 1.807) is 24.3 Å². The Morgan fingerprint density at radius 3 is 2.26 bits per heavy atom. The maximum atomic E-state index is 12.8. The molecule has 0 radical (unpaired) electrons. The van der Waals surface area contributed by atoms with Gasteiger partial charge >= 0.3 is 0 Å². The van der Waals surface area contributed by atoms with Crippen molar-refractivity contribution in [2.24, 2.45) is 0 Å². The summed E-state index contributed by atoms with van der Waals surface area (Å²) in [6.45, 7) is 8.83. The van der Waals surface area contributed by atoms with E-state index in [0.29, 0.717) is 30.2 Å². The molecule has 0 aliphatic carbocycles. The second kappa shape index (κ2) is 12.2. The molecule has 1 fully saturated rings. The lowest BCUT2D eigenvalue weighted by Gasteiger charge is -2.19. The molecular formula is C31H32N2O5S. The van der Waals surface area contributed by atoms with Gasteiger partial charge in [0.05, 0.1) is 4.91 Å². The number of rotatable bonds is 9. The smallest absolute Gasteiger partial charge is 0.294 e. The van der Waals surface area contributed by atoms with Crippen molar-refractivity contribution in [3.8, 4) is 11.5 Å². The number of thioether (sulfide) groups is 1. The average Bonchev–Trinajstić information content (AvgIpc) is 3.15. The number of ether oxygens (including phenoxy) is 2. The normalized spacial score (nSPS) is 14.6. The SMILES string of the molecule is Cc1ccc(NC(=O)CN2C(=O)S/C(=C\c3cccc(OCCOc4ccc(C(C)(C)C)cc4)c3)C2=O)cc1. The third kappa shape index (κ3) is 7.74. The van der Waals surface area contributed by atoms with E-state index in [1.807, 2.05) is 49.4 Å². The zero-order valence-corrected chi connectivity index (χ0v) is 23.3. The topological polar surface area (TPSA) is 84.9 Å². The van der Waals surface area contributed by atoms with Crippen LogP contribution in [0.3, 0.4) is 0 Å². The Morgan fingerprint density at radius 2 is 1.59 bits per heavy atom. The summed E-state index contributed by atoms with van der Waals surface area (Å²) >= 11 is 0.812. The number of imide groups is 1. The molecule has 0 saturated carbocycles. The number of nitrogens with zero attached hydrogens (tertiary/aromatic N) is 1. The number of nitrogens with one attached hydrogen (secondary N) is 1. The van der Waals surface area contributed by atoms with Crippen LogP contribution in [0.25, 0.3) is 6.08 Å². The number of anilines is 1. The summed E-state index contributed by atoms with van der Waals surface area (Å²) in [6, 6.07) is 22.6. The van der Waals surface area contributed by atoms with Crippen LogP contribution in [0.15, 0.2) is 77.7 Å². The highest BCUT2D eigenvalue weighted by molar-refractivity contribution is 8.18. The summed E-state index contributed by atoms with van der Waals surface area (Å²) < 4.78 is 11.6. The van der Waals surface area contributed by atoms with E-state index in [1.165, 1.54) is 5.56 Å². The standard InChI is InChI=1S/C31H32N2O5S/c1-21-8-12-24(13-9-21)32-28(34)20-33-29(35)27(39-30(33)36)19-22-6-5-7-26(18-22)38-17-16-37-25-14-10-23(11-15-25)31(2,3)4/h5-15,18-19H,16-17,20H2,1-4H3,(H,32,34)/b27-19-. The molecule has 4 rings (SSSR count). The van der Waals surface area contributed by atoms with E-state index in [9.17, 15) is 14.4 Å². The first-order valence-corrected chi connectivity index (χ1v) is 13.5. The zero-order chi connectivity index (χ0) is 28.0. The van der Waals surface area contributed by atoms with Gasteiger partial charge in [0.15, 0.2) is 0 Å². The van der Waals surface area contributed by atoms with Crippen molar-refractivity contribution in [2.75, 3.05) is 25.1 Å². The summed E-state index contributed by atoms with van der Waals surface area (Å²) in [4.78, 5) is 38.9. The average molecular weight is 545 g/mol. The maximum Gasteiger partial charge on any atom is 0.294 e. The molecular weight excluding hydrogens is 512 g/mol. The highest BCUT2D eigenvalue weighted by atomic mass is 32.2. The maximum absolute atomic E-state index is 12.8. The number of benzene rings is 3. The number of hydrogen-bond donors (Lipinski definition) is 1. The van der Waals surface area contributed by atoms with Crippen LogP contribution < -0.4 is 14.8 Å². The lowest BCUT2D eigenvalue weighted by molar-refractivity contribution is -0.127. The number of hydrogen-bond acceptors (Lipinski definition) is 6. The Bertz CT molecular complexity index is 1380. The molecule has 1 aliphatic heterocycles. The first-order valence-electron chi connectivity index (χ1n) is 12.7. The number of carbonyl (C=O) groups is 3. The number of carbonyl (C=O) groups excluding carboxylic acids is 3. The van der Waals surface area contributed by atoms with Gasteiger partial charge in [-0.25, -0.2) is 0 Å². The molecule has 3 aromatic rings. The molecule has 0 unspecified atom stereocenters. The predicted molar refractivity (Wildman–Crippen MR) is 155 cm³/mol. The fourth-order valence-corrected chi connectivity index (χ4v) is 4.67. The first-order chi connectivity index (χ1) is 18.6. The summed E-state index contributed by atoms with van der Waals surface area (Å²) in [6.07, 6.45) is 1.63. The Balaban J connectivity index is 1.29. The molecule has 3 amide bonds. The molecule has 0 atom stereocenters. The van der Waals surface area contributed by atoms with Gasteiger partial charge in [0.25, 0.3) is 11.1 Å². The van der Waals surface area contributed by atoms with E-state index < -0.39 is 17.1 Å². The Kier molecular flexibility index (Phi) is 8.76. The quantitative estimate of drug-likeness (QED) is 0.247. The van der Waals surface area contributed by atoms with Crippen molar-refractivity contribution in [1.29, 1.82) is 0 Å². The predicted octanol–water partition coefficient (Wildman–Crippen LogP) is 6.43. The third-order valence-corrected chi connectivity index (χ3v) is 6.92. The largest absolute Gasteiger partial charge is 0.490 e. The van der Waals surface area contributed by atoms with E-state index in [0.717, 1.165) is 28.0 Å². The second-order valence-corrected chi connectivity index (χ2v) is 11.2. The second-order valence-electron chi connectivity index (χ2n) is 10.2. The zero-order valence-electron chi connectivity index (χ0n) is 22.5. The van der Waals surface area contributed by atoms with Gasteiger partial charge in [0.2, 0.25) is 5.91 Å². The summed E-state index contributed by atoms with van der Waals surface area (Å²) in [7, 11) is 0. The summed E-state index contributed by atoms with van der Waals surface area (Å²) in [5.74, 6) is 0.460. The van der Waals surface area contributed by atoms with Crippen LogP contribution in [0.4, 0.5) is 10.5 Å². The molecule has 0 aromatic heterocycles. The Labute approximate surface area is 233 Å². The van der Waals surface area contributed by atoms with Gasteiger partial charge in [-0.2, -0.15) is 0 Å². The van der Waals surface area contributed by atoms with E-state index in [-0.39, 0.29) is 16.9 Å². The minimum atomic E-state index is -0.499. The fourth-order valence-electron chi connectivity index (χ4n) is 3.83. The molecule has 8 heteroatoms. The van der Waals surface area contributed by atoms with Gasteiger partial charge in [-0.1, -0.05) is 62.7 Å². The summed E-state index contributed by atoms with van der Waals surface area (Å²) in [5.41, 5.74) is 3.71. The van der Waals surface area contributed by atoms with Crippen molar-refractivity contribution in [3.63, 3.8) is 0 Å². The van der Waals surface area contributed by atoms with Crippen molar-refractivity contribution in [1.82, 2.24) is 4.90 Å². The number of amides is 3. The lowest BCUT2D eigenvalue weighted by Crippen LogP contribution is -2.36. The number of aryl methyl sites for hydroxylation is 1. The minimum absolute atomic E-state index is 0.0888. The molecule has 1 aliphatic rings. The molecule has 0 spiro atoms. The fraction of sp³-hybridized carbons (Fsp3) is 0.258. The van der Waals surface area contributed by atoms with Crippen molar-refractivity contribution < 1.29 is 23.9 Å². The monoisotopic (exact) mass is 544 g/mol. The third-order valence-electron chi connectivity index (χ3n) is 6.01. The van der Waals surface area contributed by atoms with E-state index >= 15 is 0 Å². The van der Waals surface area contributed by atoms with Crippen LogP contribution in [0.5, 0.6) is 11.5 Å². The van der Waals surface area contributed by atoms with Crippen molar-refractivity contribution in [3.05, 3.63) is 94.4 Å². The first kappa shape index (κ1) is 28.0. The molecule has 0 bridgehead atoms. The van der Waals surface area contributed by atoms with E-state index in [2.05, 4.69) is 38.2 Å². The highest BCUT2D eigenvalue weighted by Crippen LogP contribution is 2.32. The van der Waals surface area contributed by atoms with Gasteiger partial charge < -0.3 is 14.8 Å². The van der Waals surface area contributed by atoms with Gasteiger partial charge in [-0.3, -0.25) is 19.3 Å². The van der Waals surface area contributed by atoms with Gasteiger partial charge in [0.1, 0.15) is 31.3 Å². The Hall–Kier alpha value is -4.04. The molecule has 1 N–H and O–H groups in total. The van der Waals surface area contributed by atoms with Crippen molar-refractivity contribution >= 4 is 40.6 Å². The molecule has 7 nitrogen and oxygen atoms in total. The molecule has 202 valence electrons. The summed E-state index contributed by atoms with van der Waals surface area (Å²) in [5, 5.41) is 2.23. The molecule has 3 aromatic carbocycles. The Morgan fingerprint density at radius 1 is 0.923 bits per heavy atom. The van der Waals surface area contributed by atoms with Crippen LogP contribution >= 0.6 is 11.8 Å². The van der Waals surface area contributed by atoms with Gasteiger partial charge in [0, 0.05) is 5.69 Å². The molecule has 1 saturated heterocycles.